The molecule has 2 atom stereocenters. The lowest BCUT2D eigenvalue weighted by molar-refractivity contribution is -0.160. The molecule has 0 saturated carbocycles. The van der Waals surface area contributed by atoms with E-state index in [-0.39, 0.29) is 11.4 Å². The first-order chi connectivity index (χ1) is 15.5. The maximum absolute atomic E-state index is 13.3. The van der Waals surface area contributed by atoms with Crippen molar-refractivity contribution in [2.45, 2.75) is 37.3 Å². The van der Waals surface area contributed by atoms with Crippen molar-refractivity contribution >= 4 is 38.4 Å². The molecule has 0 radical (unpaired) electrons. The van der Waals surface area contributed by atoms with Gasteiger partial charge in [0.2, 0.25) is 15.9 Å². The summed E-state index contributed by atoms with van der Waals surface area (Å²) >= 11 is 0. The number of rotatable bonds is 5. The third kappa shape index (κ3) is 4.91. The second-order valence-electron chi connectivity index (χ2n) is 9.03. The van der Waals surface area contributed by atoms with E-state index in [2.05, 4.69) is 4.72 Å². The van der Waals surface area contributed by atoms with Crippen LogP contribution in [0, 0.1) is 5.92 Å². The van der Waals surface area contributed by atoms with Crippen molar-refractivity contribution in [3.05, 3.63) is 72.8 Å². The zero-order valence-electron chi connectivity index (χ0n) is 18.7. The minimum absolute atomic E-state index is 0.0165. The maximum atomic E-state index is 13.3. The summed E-state index contributed by atoms with van der Waals surface area (Å²) in [5.74, 6) is -2.12. The standard InChI is InChI=1S/C25H26N2O5S/c1-25(2,3)32-24(29)21-16-27(19-11-5-4-6-12-19)23(28)22(21)26-33(30,31)20-14-13-17-9-7-8-10-18(17)15-20/h4-15,21-22,26H,16H2,1-3H3/t21-,22-/m1/s1. The number of hydrogen-bond donors (Lipinski definition) is 1. The minimum atomic E-state index is -4.09. The van der Waals surface area contributed by atoms with Gasteiger partial charge in [0.1, 0.15) is 17.6 Å². The summed E-state index contributed by atoms with van der Waals surface area (Å²) in [4.78, 5) is 27.7. The number of nitrogens with one attached hydrogen (secondary N) is 1. The Hall–Kier alpha value is -3.23. The quantitative estimate of drug-likeness (QED) is 0.581. The number of fused-ring (bicyclic) bond motifs is 1. The number of carbonyl (C=O) groups excluding carboxylic acids is 2. The predicted molar refractivity (Wildman–Crippen MR) is 126 cm³/mol. The third-order valence-electron chi connectivity index (χ3n) is 5.40. The lowest BCUT2D eigenvalue weighted by Crippen LogP contribution is -2.47. The molecular weight excluding hydrogens is 440 g/mol. The molecule has 33 heavy (non-hydrogen) atoms. The Kier molecular flexibility index (Phi) is 5.99. The van der Waals surface area contributed by atoms with Gasteiger partial charge in [0, 0.05) is 12.2 Å². The van der Waals surface area contributed by atoms with Gasteiger partial charge in [-0.3, -0.25) is 9.59 Å². The average Bonchev–Trinajstić information content (AvgIpc) is 3.08. The van der Waals surface area contributed by atoms with Crippen LogP contribution in [0.3, 0.4) is 0 Å². The molecule has 3 aromatic carbocycles. The van der Waals surface area contributed by atoms with Crippen molar-refractivity contribution in [2.75, 3.05) is 11.4 Å². The molecule has 1 saturated heterocycles. The van der Waals surface area contributed by atoms with Crippen LogP contribution in [0.2, 0.25) is 0 Å². The van der Waals surface area contributed by atoms with Crippen LogP contribution in [0.15, 0.2) is 77.7 Å². The van der Waals surface area contributed by atoms with Crippen LogP contribution in [-0.4, -0.2) is 38.5 Å². The highest BCUT2D eigenvalue weighted by atomic mass is 32.2. The second kappa shape index (κ2) is 8.61. The molecule has 3 aromatic rings. The maximum Gasteiger partial charge on any atom is 0.313 e. The van der Waals surface area contributed by atoms with E-state index in [4.69, 9.17) is 4.74 Å². The molecule has 1 aliphatic rings. The lowest BCUT2D eigenvalue weighted by atomic mass is 10.0. The fourth-order valence-electron chi connectivity index (χ4n) is 3.86. The van der Waals surface area contributed by atoms with Gasteiger partial charge in [0.25, 0.3) is 0 Å². The monoisotopic (exact) mass is 466 g/mol. The van der Waals surface area contributed by atoms with Gasteiger partial charge < -0.3 is 9.64 Å². The molecule has 0 aromatic heterocycles. The van der Waals surface area contributed by atoms with E-state index in [9.17, 15) is 18.0 Å². The molecule has 8 heteroatoms. The van der Waals surface area contributed by atoms with Gasteiger partial charge >= 0.3 is 5.97 Å². The van der Waals surface area contributed by atoms with Crippen LogP contribution in [0.5, 0.6) is 0 Å². The Morgan fingerprint density at radius 2 is 1.61 bits per heavy atom. The van der Waals surface area contributed by atoms with Crippen LogP contribution in [0.1, 0.15) is 20.8 Å². The van der Waals surface area contributed by atoms with Crippen molar-refractivity contribution < 1.29 is 22.7 Å². The topological polar surface area (TPSA) is 92.8 Å². The first-order valence-corrected chi connectivity index (χ1v) is 12.1. The van der Waals surface area contributed by atoms with E-state index in [0.29, 0.717) is 5.69 Å². The Morgan fingerprint density at radius 1 is 0.970 bits per heavy atom. The van der Waals surface area contributed by atoms with Crippen LogP contribution < -0.4 is 9.62 Å². The number of nitrogens with zero attached hydrogens (tertiary/aromatic N) is 1. The Morgan fingerprint density at radius 3 is 2.27 bits per heavy atom. The normalized spacial score (nSPS) is 19.1. The van der Waals surface area contributed by atoms with Crippen molar-refractivity contribution in [3.63, 3.8) is 0 Å². The predicted octanol–water partition coefficient (Wildman–Crippen LogP) is 3.49. The van der Waals surface area contributed by atoms with Crippen LogP contribution in [0.25, 0.3) is 10.8 Å². The summed E-state index contributed by atoms with van der Waals surface area (Å²) in [6.07, 6.45) is 0. The second-order valence-corrected chi connectivity index (χ2v) is 10.7. The summed E-state index contributed by atoms with van der Waals surface area (Å²) < 4.78 is 34.5. The molecule has 1 N–H and O–H groups in total. The van der Waals surface area contributed by atoms with E-state index >= 15 is 0 Å². The fraction of sp³-hybridized carbons (Fsp3) is 0.280. The SMILES string of the molecule is CC(C)(C)OC(=O)[C@@H]1CN(c2ccccc2)C(=O)[C@@H]1NS(=O)(=O)c1ccc2ccccc2c1. The molecule has 4 rings (SSSR count). The number of anilines is 1. The smallest absolute Gasteiger partial charge is 0.313 e. The van der Waals surface area contributed by atoms with Crippen LogP contribution in [0.4, 0.5) is 5.69 Å². The summed E-state index contributed by atoms with van der Waals surface area (Å²) in [6.45, 7) is 5.20. The van der Waals surface area contributed by atoms with Gasteiger partial charge in [0.15, 0.2) is 0 Å². The van der Waals surface area contributed by atoms with Gasteiger partial charge in [-0.05, 0) is 55.8 Å². The Bertz CT molecular complexity index is 1300. The average molecular weight is 467 g/mol. The first-order valence-electron chi connectivity index (χ1n) is 10.7. The zero-order chi connectivity index (χ0) is 23.8. The van der Waals surface area contributed by atoms with E-state index in [0.717, 1.165) is 10.8 Å². The van der Waals surface area contributed by atoms with Gasteiger partial charge in [0.05, 0.1) is 4.90 Å². The number of para-hydroxylation sites is 1. The Labute approximate surface area is 193 Å². The van der Waals surface area contributed by atoms with E-state index in [1.165, 1.54) is 11.0 Å². The van der Waals surface area contributed by atoms with Crippen molar-refractivity contribution in [1.82, 2.24) is 4.72 Å². The van der Waals surface area contributed by atoms with Crippen molar-refractivity contribution in [2.24, 2.45) is 5.92 Å². The molecule has 1 aliphatic heterocycles. The van der Waals surface area contributed by atoms with Gasteiger partial charge in [-0.25, -0.2) is 8.42 Å². The molecule has 0 bridgehead atoms. The highest BCUT2D eigenvalue weighted by Gasteiger charge is 2.48. The largest absolute Gasteiger partial charge is 0.460 e. The number of esters is 1. The summed E-state index contributed by atoms with van der Waals surface area (Å²) in [5.41, 5.74) is -0.189. The number of sulfonamides is 1. The highest BCUT2D eigenvalue weighted by molar-refractivity contribution is 7.89. The minimum Gasteiger partial charge on any atom is -0.460 e. The van der Waals surface area contributed by atoms with E-state index in [1.807, 2.05) is 30.3 Å². The number of carbonyl (C=O) groups is 2. The first kappa shape index (κ1) is 22.9. The summed E-state index contributed by atoms with van der Waals surface area (Å²) in [7, 11) is -4.09. The highest BCUT2D eigenvalue weighted by Crippen LogP contribution is 2.29. The molecule has 1 amide bonds. The van der Waals surface area contributed by atoms with Crippen molar-refractivity contribution in [1.29, 1.82) is 0 Å². The van der Waals surface area contributed by atoms with Gasteiger partial charge in [-0.15, -0.1) is 0 Å². The number of ether oxygens (including phenoxy) is 1. The van der Waals surface area contributed by atoms with Crippen LogP contribution in [-0.2, 0) is 24.3 Å². The number of hydrogen-bond acceptors (Lipinski definition) is 5. The van der Waals surface area contributed by atoms with E-state index in [1.54, 1.807) is 57.2 Å². The van der Waals surface area contributed by atoms with Crippen LogP contribution >= 0.6 is 0 Å². The molecular formula is C25H26N2O5S. The lowest BCUT2D eigenvalue weighted by Gasteiger charge is -2.24. The molecule has 0 aliphatic carbocycles. The van der Waals surface area contributed by atoms with Gasteiger partial charge in [-0.1, -0.05) is 48.5 Å². The molecule has 0 unspecified atom stereocenters. The molecule has 0 spiro atoms. The Balaban J connectivity index is 1.68. The fourth-order valence-corrected chi connectivity index (χ4v) is 5.13. The van der Waals surface area contributed by atoms with Crippen molar-refractivity contribution in [3.8, 4) is 0 Å². The molecule has 1 heterocycles. The zero-order valence-corrected chi connectivity index (χ0v) is 19.5. The number of amides is 1. The van der Waals surface area contributed by atoms with E-state index < -0.39 is 39.5 Å². The summed E-state index contributed by atoms with van der Waals surface area (Å²) in [5, 5.41) is 1.66. The number of benzene rings is 3. The third-order valence-corrected chi connectivity index (χ3v) is 6.84. The molecule has 7 nitrogen and oxygen atoms in total. The molecule has 172 valence electrons. The molecule has 1 fully saturated rings. The van der Waals surface area contributed by atoms with Gasteiger partial charge in [-0.2, -0.15) is 4.72 Å². The summed E-state index contributed by atoms with van der Waals surface area (Å²) in [6, 6.07) is 19.7.